The standard InChI is InChI=1S/C18H29NO/c1-5-7-9-14(8-6-2)19-11-10-15-16(19)12-18(3,4)13-17(15)20/h10-11,14H,5-9,12-13H2,1-4H3. The number of nitrogens with zero attached hydrogens (tertiary/aromatic N) is 1. The van der Waals surface area contributed by atoms with Gasteiger partial charge in [0, 0.05) is 29.9 Å². The van der Waals surface area contributed by atoms with Gasteiger partial charge in [-0.2, -0.15) is 0 Å². The van der Waals surface area contributed by atoms with E-state index in [1.165, 1.54) is 37.8 Å². The highest BCUT2D eigenvalue weighted by Crippen LogP contribution is 2.37. The van der Waals surface area contributed by atoms with E-state index in [1.54, 1.807) is 0 Å². The van der Waals surface area contributed by atoms with E-state index in [0.29, 0.717) is 18.2 Å². The van der Waals surface area contributed by atoms with Crippen LogP contribution in [0, 0.1) is 5.41 Å². The molecule has 1 heterocycles. The Morgan fingerprint density at radius 1 is 1.20 bits per heavy atom. The molecule has 0 aliphatic heterocycles. The number of fused-ring (bicyclic) bond motifs is 1. The molecule has 1 aromatic rings. The third-order valence-electron chi connectivity index (χ3n) is 4.52. The second kappa shape index (κ2) is 6.15. The van der Waals surface area contributed by atoms with Crippen LogP contribution in [0.2, 0.25) is 0 Å². The molecule has 0 fully saturated rings. The molecule has 1 aromatic heterocycles. The molecule has 1 unspecified atom stereocenters. The monoisotopic (exact) mass is 275 g/mol. The summed E-state index contributed by atoms with van der Waals surface area (Å²) in [6, 6.07) is 2.63. The van der Waals surface area contributed by atoms with Crippen molar-refractivity contribution in [2.75, 3.05) is 0 Å². The first-order valence-electron chi connectivity index (χ1n) is 8.21. The molecular weight excluding hydrogens is 246 g/mol. The van der Waals surface area contributed by atoms with Gasteiger partial charge in [0.1, 0.15) is 0 Å². The Hall–Kier alpha value is -1.05. The normalized spacial score (nSPS) is 18.9. The molecule has 0 N–H and O–H groups in total. The predicted octanol–water partition coefficient (Wildman–Crippen LogP) is 5.17. The van der Waals surface area contributed by atoms with Gasteiger partial charge in [0.25, 0.3) is 0 Å². The van der Waals surface area contributed by atoms with Crippen LogP contribution >= 0.6 is 0 Å². The molecule has 0 radical (unpaired) electrons. The van der Waals surface area contributed by atoms with Gasteiger partial charge in [-0.1, -0.05) is 47.0 Å². The van der Waals surface area contributed by atoms with Gasteiger partial charge in [-0.25, -0.2) is 0 Å². The average Bonchev–Trinajstić information content (AvgIpc) is 2.76. The van der Waals surface area contributed by atoms with E-state index >= 15 is 0 Å². The van der Waals surface area contributed by atoms with Crippen molar-refractivity contribution >= 4 is 5.78 Å². The molecule has 2 nitrogen and oxygen atoms in total. The number of carbonyl (C=O) groups excluding carboxylic acids is 1. The minimum absolute atomic E-state index is 0.113. The minimum Gasteiger partial charge on any atom is -0.348 e. The molecular formula is C18H29NO. The largest absolute Gasteiger partial charge is 0.348 e. The molecule has 1 aliphatic carbocycles. The second-order valence-electron chi connectivity index (χ2n) is 7.11. The first kappa shape index (κ1) is 15.3. The second-order valence-corrected chi connectivity index (χ2v) is 7.11. The van der Waals surface area contributed by atoms with Crippen molar-refractivity contribution in [3.05, 3.63) is 23.5 Å². The molecule has 0 saturated heterocycles. The highest BCUT2D eigenvalue weighted by Gasteiger charge is 2.33. The van der Waals surface area contributed by atoms with Gasteiger partial charge in [-0.15, -0.1) is 0 Å². The number of carbonyl (C=O) groups is 1. The number of unbranched alkanes of at least 4 members (excludes halogenated alkanes) is 1. The molecule has 1 atom stereocenters. The van der Waals surface area contributed by atoms with E-state index in [1.807, 2.05) is 0 Å². The Morgan fingerprint density at radius 3 is 2.60 bits per heavy atom. The zero-order valence-corrected chi connectivity index (χ0v) is 13.5. The van der Waals surface area contributed by atoms with Crippen molar-refractivity contribution < 1.29 is 4.79 Å². The van der Waals surface area contributed by atoms with Crippen LogP contribution in [0.25, 0.3) is 0 Å². The number of ketones is 1. The highest BCUT2D eigenvalue weighted by molar-refractivity contribution is 5.98. The summed E-state index contributed by atoms with van der Waals surface area (Å²) in [5.41, 5.74) is 2.39. The molecule has 1 aliphatic rings. The van der Waals surface area contributed by atoms with E-state index < -0.39 is 0 Å². The van der Waals surface area contributed by atoms with Crippen LogP contribution in [-0.4, -0.2) is 10.4 Å². The summed E-state index contributed by atoms with van der Waals surface area (Å²) in [5, 5.41) is 0. The van der Waals surface area contributed by atoms with Gasteiger partial charge in [0.05, 0.1) is 0 Å². The summed E-state index contributed by atoms with van der Waals surface area (Å²) in [5.74, 6) is 0.334. The average molecular weight is 275 g/mol. The minimum atomic E-state index is 0.113. The molecule has 0 bridgehead atoms. The lowest BCUT2D eigenvalue weighted by atomic mass is 9.76. The third-order valence-corrected chi connectivity index (χ3v) is 4.52. The van der Waals surface area contributed by atoms with Crippen molar-refractivity contribution in [1.29, 1.82) is 0 Å². The topological polar surface area (TPSA) is 22.0 Å². The summed E-state index contributed by atoms with van der Waals surface area (Å²) in [7, 11) is 0. The summed E-state index contributed by atoms with van der Waals surface area (Å²) in [6.07, 6.45) is 10.1. The van der Waals surface area contributed by atoms with Gasteiger partial charge in [-0.3, -0.25) is 4.79 Å². The number of Topliss-reactive ketones (excluding diaryl/α,β-unsaturated/α-hetero) is 1. The number of hydrogen-bond acceptors (Lipinski definition) is 1. The molecule has 2 heteroatoms. The lowest BCUT2D eigenvalue weighted by Gasteiger charge is -2.31. The zero-order valence-electron chi connectivity index (χ0n) is 13.5. The van der Waals surface area contributed by atoms with E-state index in [2.05, 4.69) is 44.5 Å². The predicted molar refractivity (Wildman–Crippen MR) is 84.3 cm³/mol. The van der Waals surface area contributed by atoms with Crippen LogP contribution in [0.15, 0.2) is 12.3 Å². The molecule has 112 valence electrons. The van der Waals surface area contributed by atoms with Crippen molar-refractivity contribution in [1.82, 2.24) is 4.57 Å². The van der Waals surface area contributed by atoms with Gasteiger partial charge in [-0.05, 0) is 30.7 Å². The van der Waals surface area contributed by atoms with Gasteiger partial charge < -0.3 is 4.57 Å². The van der Waals surface area contributed by atoms with Gasteiger partial charge in [0.2, 0.25) is 0 Å². The number of rotatable bonds is 6. The lowest BCUT2D eigenvalue weighted by Crippen LogP contribution is -2.28. The fourth-order valence-electron chi connectivity index (χ4n) is 3.50. The van der Waals surface area contributed by atoms with Crippen LogP contribution in [0.1, 0.15) is 88.3 Å². The van der Waals surface area contributed by atoms with Crippen LogP contribution in [0.5, 0.6) is 0 Å². The van der Waals surface area contributed by atoms with Crippen LogP contribution < -0.4 is 0 Å². The van der Waals surface area contributed by atoms with Crippen molar-refractivity contribution in [3.8, 4) is 0 Å². The summed E-state index contributed by atoms with van der Waals surface area (Å²) in [4.78, 5) is 12.3. The highest BCUT2D eigenvalue weighted by atomic mass is 16.1. The first-order chi connectivity index (χ1) is 9.48. The van der Waals surface area contributed by atoms with Crippen molar-refractivity contribution in [2.45, 2.75) is 78.7 Å². The SMILES string of the molecule is CCCCC(CCC)n1ccc2c1CC(C)(C)CC2=O. The fraction of sp³-hybridized carbons (Fsp3) is 0.722. The Morgan fingerprint density at radius 2 is 1.95 bits per heavy atom. The Balaban J connectivity index is 2.30. The zero-order chi connectivity index (χ0) is 14.8. The van der Waals surface area contributed by atoms with Crippen LogP contribution in [-0.2, 0) is 6.42 Å². The van der Waals surface area contributed by atoms with Gasteiger partial charge >= 0.3 is 0 Å². The van der Waals surface area contributed by atoms with E-state index in [9.17, 15) is 4.79 Å². The lowest BCUT2D eigenvalue weighted by molar-refractivity contribution is 0.0909. The van der Waals surface area contributed by atoms with E-state index in [4.69, 9.17) is 0 Å². The maximum Gasteiger partial charge on any atom is 0.165 e. The van der Waals surface area contributed by atoms with Crippen molar-refractivity contribution in [2.24, 2.45) is 5.41 Å². The molecule has 20 heavy (non-hydrogen) atoms. The summed E-state index contributed by atoms with van der Waals surface area (Å²) in [6.45, 7) is 8.93. The third kappa shape index (κ3) is 3.16. The quantitative estimate of drug-likeness (QED) is 0.701. The Labute approximate surface area is 123 Å². The smallest absolute Gasteiger partial charge is 0.165 e. The first-order valence-corrected chi connectivity index (χ1v) is 8.21. The number of hydrogen-bond donors (Lipinski definition) is 0. The maximum atomic E-state index is 12.3. The summed E-state index contributed by atoms with van der Waals surface area (Å²) >= 11 is 0. The molecule has 2 rings (SSSR count). The van der Waals surface area contributed by atoms with Crippen molar-refractivity contribution in [3.63, 3.8) is 0 Å². The van der Waals surface area contributed by atoms with Gasteiger partial charge in [0.15, 0.2) is 5.78 Å². The van der Waals surface area contributed by atoms with E-state index in [-0.39, 0.29) is 5.41 Å². The Bertz CT molecular complexity index is 470. The number of aromatic nitrogens is 1. The van der Waals surface area contributed by atoms with Crippen LogP contribution in [0.4, 0.5) is 0 Å². The maximum absolute atomic E-state index is 12.3. The molecule has 0 aromatic carbocycles. The fourth-order valence-corrected chi connectivity index (χ4v) is 3.50. The van der Waals surface area contributed by atoms with E-state index in [0.717, 1.165) is 12.0 Å². The molecule has 0 saturated carbocycles. The molecule has 0 amide bonds. The van der Waals surface area contributed by atoms with Crippen LogP contribution in [0.3, 0.4) is 0 Å². The molecule has 0 spiro atoms. The Kier molecular flexibility index (Phi) is 4.72. The summed E-state index contributed by atoms with van der Waals surface area (Å²) < 4.78 is 2.42.